The molecular weight excluding hydrogens is 461 g/mol. The lowest BCUT2D eigenvalue weighted by Crippen LogP contribution is -2.33. The fraction of sp³-hybridized carbons (Fsp3) is 0.320. The molecule has 1 heterocycles. The summed E-state index contributed by atoms with van der Waals surface area (Å²) in [5.41, 5.74) is 4.63. The molecule has 0 atom stereocenters. The molecule has 0 radical (unpaired) electrons. The number of halogens is 2. The molecule has 3 aromatic rings. The highest BCUT2D eigenvalue weighted by atomic mass is 35.5. The van der Waals surface area contributed by atoms with E-state index in [0.717, 1.165) is 18.4 Å². The minimum atomic E-state index is -0.561. The van der Waals surface area contributed by atoms with Crippen LogP contribution in [0.4, 0.5) is 0 Å². The highest BCUT2D eigenvalue weighted by Crippen LogP contribution is 2.40. The molecule has 1 aliphatic rings. The molecule has 0 saturated heterocycles. The van der Waals surface area contributed by atoms with Gasteiger partial charge in [-0.3, -0.25) is 19.1 Å². The zero-order valence-electron chi connectivity index (χ0n) is 18.7. The highest BCUT2D eigenvalue weighted by molar-refractivity contribution is 6.35. The van der Waals surface area contributed by atoms with Crippen LogP contribution in [0.2, 0.25) is 10.0 Å². The lowest BCUT2D eigenvalue weighted by atomic mass is 9.99. The van der Waals surface area contributed by atoms with Crippen LogP contribution in [0.1, 0.15) is 77.1 Å². The number of nitrogens with one attached hydrogen (secondary N) is 1. The van der Waals surface area contributed by atoms with Crippen LogP contribution in [-0.2, 0) is 17.0 Å². The van der Waals surface area contributed by atoms with Crippen LogP contribution in [0.5, 0.6) is 0 Å². The second kappa shape index (κ2) is 9.29. The second-order valence-corrected chi connectivity index (χ2v) is 10.0. The van der Waals surface area contributed by atoms with E-state index < -0.39 is 11.4 Å². The highest BCUT2D eigenvalue weighted by Gasteiger charge is 2.30. The fourth-order valence-corrected chi connectivity index (χ4v) is 4.08. The van der Waals surface area contributed by atoms with Gasteiger partial charge in [0.15, 0.2) is 5.78 Å². The van der Waals surface area contributed by atoms with Gasteiger partial charge in [0, 0.05) is 15.6 Å². The van der Waals surface area contributed by atoms with Crippen LogP contribution < -0.4 is 5.48 Å². The molecule has 1 saturated carbocycles. The van der Waals surface area contributed by atoms with E-state index >= 15 is 0 Å². The molecule has 1 N–H and O–H groups in total. The number of hydrogen-bond acceptors (Lipinski definition) is 4. The Morgan fingerprint density at radius 3 is 2.58 bits per heavy atom. The summed E-state index contributed by atoms with van der Waals surface area (Å²) < 4.78 is 1.54. The predicted octanol–water partition coefficient (Wildman–Crippen LogP) is 5.91. The fourth-order valence-electron chi connectivity index (χ4n) is 3.61. The number of amides is 1. The number of rotatable bonds is 7. The Bertz CT molecular complexity index is 1210. The Hall–Kier alpha value is -2.67. The first-order valence-electron chi connectivity index (χ1n) is 10.7. The quantitative estimate of drug-likeness (QED) is 0.333. The molecule has 0 bridgehead atoms. The summed E-state index contributed by atoms with van der Waals surface area (Å²) >= 11 is 12.1. The third-order valence-corrected chi connectivity index (χ3v) is 6.06. The zero-order chi connectivity index (χ0) is 23.8. The molecule has 2 aromatic carbocycles. The number of carbonyl (C=O) groups excluding carboxylic acids is 2. The summed E-state index contributed by atoms with van der Waals surface area (Å²) in [5, 5.41) is 5.30. The molecule has 172 valence electrons. The minimum absolute atomic E-state index is 0.0398. The number of aromatic nitrogens is 2. The standard InChI is InChI=1S/C25H25Cl2N3O3/c1-25(2,3)30-22(24(32)29-33-14-18-9-10-19(26)12-21(18)27)20(13-28-30)23(31)17-6-4-5-16(11-17)15-7-8-15/h4-6,9-13,15H,7-8,14H2,1-3H3,(H,29,32). The number of benzene rings is 2. The van der Waals surface area contributed by atoms with Gasteiger partial charge in [0.25, 0.3) is 5.91 Å². The number of carbonyl (C=O) groups is 2. The second-order valence-electron chi connectivity index (χ2n) is 9.17. The van der Waals surface area contributed by atoms with Crippen LogP contribution in [0.25, 0.3) is 0 Å². The predicted molar refractivity (Wildman–Crippen MR) is 128 cm³/mol. The van der Waals surface area contributed by atoms with Crippen molar-refractivity contribution in [2.45, 2.75) is 51.7 Å². The van der Waals surface area contributed by atoms with Crippen LogP contribution in [0.3, 0.4) is 0 Å². The molecule has 33 heavy (non-hydrogen) atoms. The van der Waals surface area contributed by atoms with E-state index in [2.05, 4.69) is 10.6 Å². The molecule has 4 rings (SSSR count). The summed E-state index contributed by atoms with van der Waals surface area (Å²) in [4.78, 5) is 31.9. The first-order valence-corrected chi connectivity index (χ1v) is 11.5. The topological polar surface area (TPSA) is 73.2 Å². The lowest BCUT2D eigenvalue weighted by molar-refractivity contribution is 0.0220. The average molecular weight is 486 g/mol. The molecular formula is C25H25Cl2N3O3. The SMILES string of the molecule is CC(C)(C)n1ncc(C(=O)c2cccc(C3CC3)c2)c1C(=O)NOCc1ccc(Cl)cc1Cl. The van der Waals surface area contributed by atoms with Gasteiger partial charge in [-0.2, -0.15) is 5.10 Å². The Labute approximate surface area is 202 Å². The van der Waals surface area contributed by atoms with Gasteiger partial charge in [-0.25, -0.2) is 5.48 Å². The Morgan fingerprint density at radius 2 is 1.91 bits per heavy atom. The lowest BCUT2D eigenvalue weighted by Gasteiger charge is -2.22. The maximum absolute atomic E-state index is 13.4. The smallest absolute Gasteiger partial charge is 0.288 e. The summed E-state index contributed by atoms with van der Waals surface area (Å²) in [7, 11) is 0. The normalized spacial score (nSPS) is 13.7. The van der Waals surface area contributed by atoms with Crippen molar-refractivity contribution < 1.29 is 14.4 Å². The van der Waals surface area contributed by atoms with Gasteiger partial charge in [0.2, 0.25) is 0 Å². The molecule has 1 fully saturated rings. The zero-order valence-corrected chi connectivity index (χ0v) is 20.2. The molecule has 1 aliphatic carbocycles. The van der Waals surface area contributed by atoms with Crippen molar-refractivity contribution in [3.8, 4) is 0 Å². The van der Waals surface area contributed by atoms with Crippen LogP contribution in [0.15, 0.2) is 48.7 Å². The third kappa shape index (κ3) is 5.29. The first-order chi connectivity index (χ1) is 15.6. The Balaban J connectivity index is 1.58. The van der Waals surface area contributed by atoms with E-state index in [1.807, 2.05) is 39.0 Å². The van der Waals surface area contributed by atoms with Gasteiger partial charge < -0.3 is 0 Å². The van der Waals surface area contributed by atoms with Gasteiger partial charge >= 0.3 is 0 Å². The molecule has 0 unspecified atom stereocenters. The summed E-state index contributed by atoms with van der Waals surface area (Å²) in [6, 6.07) is 12.6. The molecule has 6 nitrogen and oxygen atoms in total. The van der Waals surface area contributed by atoms with E-state index in [1.54, 1.807) is 28.9 Å². The molecule has 1 amide bonds. The van der Waals surface area contributed by atoms with E-state index in [1.165, 1.54) is 6.20 Å². The van der Waals surface area contributed by atoms with Gasteiger partial charge in [0.05, 0.1) is 17.3 Å². The number of ketones is 1. The Morgan fingerprint density at radius 1 is 1.15 bits per heavy atom. The average Bonchev–Trinajstić information content (AvgIpc) is 3.51. The monoisotopic (exact) mass is 485 g/mol. The van der Waals surface area contributed by atoms with Gasteiger partial charge in [-0.1, -0.05) is 47.5 Å². The molecule has 1 aromatic heterocycles. The van der Waals surface area contributed by atoms with Crippen LogP contribution >= 0.6 is 23.2 Å². The molecule has 0 aliphatic heterocycles. The van der Waals surface area contributed by atoms with Crippen molar-refractivity contribution in [2.24, 2.45) is 0 Å². The van der Waals surface area contributed by atoms with E-state index in [-0.39, 0.29) is 23.6 Å². The summed E-state index contributed by atoms with van der Waals surface area (Å²) in [6.45, 7) is 5.77. The minimum Gasteiger partial charge on any atom is -0.288 e. The number of hydroxylamine groups is 1. The van der Waals surface area contributed by atoms with Crippen molar-refractivity contribution in [1.82, 2.24) is 15.3 Å². The van der Waals surface area contributed by atoms with Crippen molar-refractivity contribution in [1.29, 1.82) is 0 Å². The van der Waals surface area contributed by atoms with Crippen LogP contribution in [0, 0.1) is 0 Å². The molecule has 0 spiro atoms. The van der Waals surface area contributed by atoms with Gasteiger partial charge in [-0.15, -0.1) is 0 Å². The first kappa shape index (κ1) is 23.5. The maximum Gasteiger partial charge on any atom is 0.293 e. The van der Waals surface area contributed by atoms with Crippen LogP contribution in [-0.4, -0.2) is 21.5 Å². The molecule has 8 heteroatoms. The van der Waals surface area contributed by atoms with Crippen molar-refractivity contribution in [2.75, 3.05) is 0 Å². The van der Waals surface area contributed by atoms with Gasteiger partial charge in [-0.05, 0) is 68.9 Å². The van der Waals surface area contributed by atoms with Crippen molar-refractivity contribution in [3.05, 3.63) is 86.7 Å². The van der Waals surface area contributed by atoms with Crippen molar-refractivity contribution in [3.63, 3.8) is 0 Å². The van der Waals surface area contributed by atoms with Gasteiger partial charge in [0.1, 0.15) is 12.3 Å². The van der Waals surface area contributed by atoms with Crippen molar-refractivity contribution >= 4 is 34.9 Å². The summed E-state index contributed by atoms with van der Waals surface area (Å²) in [6.07, 6.45) is 3.73. The largest absolute Gasteiger partial charge is 0.293 e. The number of hydrogen-bond donors (Lipinski definition) is 1. The van der Waals surface area contributed by atoms with E-state index in [9.17, 15) is 9.59 Å². The number of nitrogens with zero attached hydrogens (tertiary/aromatic N) is 2. The van der Waals surface area contributed by atoms with E-state index in [4.69, 9.17) is 28.0 Å². The Kier molecular flexibility index (Phi) is 6.61. The third-order valence-electron chi connectivity index (χ3n) is 5.47. The van der Waals surface area contributed by atoms with E-state index in [0.29, 0.717) is 27.1 Å². The maximum atomic E-state index is 13.4. The summed E-state index contributed by atoms with van der Waals surface area (Å²) in [5.74, 6) is -0.293.